The molecular weight excluding hydrogens is 246 g/mol. The van der Waals surface area contributed by atoms with Crippen molar-refractivity contribution < 1.29 is 14.4 Å². The van der Waals surface area contributed by atoms with Crippen molar-refractivity contribution in [1.29, 1.82) is 0 Å². The lowest BCUT2D eigenvalue weighted by Crippen LogP contribution is -2.45. The molecule has 1 aliphatic rings. The number of amides is 3. The summed E-state index contributed by atoms with van der Waals surface area (Å²) in [7, 11) is 3.80. The molecule has 0 spiro atoms. The summed E-state index contributed by atoms with van der Waals surface area (Å²) >= 11 is 0. The van der Waals surface area contributed by atoms with Crippen LogP contribution in [0.1, 0.15) is 23.2 Å². The highest BCUT2D eigenvalue weighted by Crippen LogP contribution is 2.13. The minimum Gasteiger partial charge on any atom is -0.378 e. The van der Waals surface area contributed by atoms with Crippen molar-refractivity contribution >= 4 is 23.4 Å². The van der Waals surface area contributed by atoms with Gasteiger partial charge in [0.15, 0.2) is 0 Å². The number of hydrazine groups is 1. The number of benzene rings is 1. The van der Waals surface area contributed by atoms with Crippen LogP contribution in [0.25, 0.3) is 0 Å². The van der Waals surface area contributed by atoms with Crippen molar-refractivity contribution in [2.45, 2.75) is 12.8 Å². The standard InChI is InChI=1S/C13H15N3O3/c1-15(2)10-5-3-9(4-6-10)13(19)14-16-11(17)7-8-12(16)18/h3-6H,7-8H2,1-2H3,(H,14,19). The van der Waals surface area contributed by atoms with E-state index in [0.29, 0.717) is 5.56 Å². The third-order valence-corrected chi connectivity index (χ3v) is 2.91. The fourth-order valence-corrected chi connectivity index (χ4v) is 1.78. The van der Waals surface area contributed by atoms with Crippen LogP contribution in [-0.2, 0) is 9.59 Å². The van der Waals surface area contributed by atoms with Gasteiger partial charge in [-0.15, -0.1) is 0 Å². The molecule has 1 fully saturated rings. The number of carbonyl (C=O) groups excluding carboxylic acids is 3. The molecule has 0 aliphatic carbocycles. The van der Waals surface area contributed by atoms with Crippen LogP contribution in [0.15, 0.2) is 24.3 Å². The molecule has 1 aromatic rings. The van der Waals surface area contributed by atoms with E-state index in [1.54, 1.807) is 24.3 Å². The second-order valence-electron chi connectivity index (χ2n) is 4.51. The van der Waals surface area contributed by atoms with Gasteiger partial charge >= 0.3 is 0 Å². The summed E-state index contributed by atoms with van der Waals surface area (Å²) in [6.07, 6.45) is 0.303. The molecule has 0 aromatic heterocycles. The van der Waals surface area contributed by atoms with E-state index in [4.69, 9.17) is 0 Å². The van der Waals surface area contributed by atoms with Crippen LogP contribution in [0.2, 0.25) is 0 Å². The maximum absolute atomic E-state index is 11.9. The number of imide groups is 1. The van der Waals surface area contributed by atoms with E-state index in [9.17, 15) is 14.4 Å². The number of carbonyl (C=O) groups is 3. The van der Waals surface area contributed by atoms with Crippen LogP contribution in [0.3, 0.4) is 0 Å². The van der Waals surface area contributed by atoms with Gasteiger partial charge in [0.25, 0.3) is 5.91 Å². The van der Waals surface area contributed by atoms with Gasteiger partial charge in [0.2, 0.25) is 11.8 Å². The summed E-state index contributed by atoms with van der Waals surface area (Å²) in [5.41, 5.74) is 3.69. The van der Waals surface area contributed by atoms with Gasteiger partial charge in [-0.1, -0.05) is 0 Å². The topological polar surface area (TPSA) is 69.7 Å². The van der Waals surface area contributed by atoms with Crippen LogP contribution in [-0.4, -0.2) is 36.8 Å². The van der Waals surface area contributed by atoms with Gasteiger partial charge < -0.3 is 4.90 Å². The largest absolute Gasteiger partial charge is 0.378 e. The summed E-state index contributed by atoms with van der Waals surface area (Å²) in [5, 5.41) is 0.794. The zero-order valence-electron chi connectivity index (χ0n) is 10.8. The first-order chi connectivity index (χ1) is 8.99. The zero-order chi connectivity index (χ0) is 14.0. The highest BCUT2D eigenvalue weighted by atomic mass is 16.2. The number of nitrogens with zero attached hydrogens (tertiary/aromatic N) is 2. The molecule has 1 saturated heterocycles. The van der Waals surface area contributed by atoms with E-state index in [1.165, 1.54) is 0 Å². The Hall–Kier alpha value is -2.37. The van der Waals surface area contributed by atoms with Crippen molar-refractivity contribution in [2.75, 3.05) is 19.0 Å². The van der Waals surface area contributed by atoms with Crippen LogP contribution in [0.4, 0.5) is 5.69 Å². The predicted octanol–water partition coefficient (Wildman–Crippen LogP) is 0.546. The quantitative estimate of drug-likeness (QED) is 0.807. The first kappa shape index (κ1) is 13.1. The SMILES string of the molecule is CN(C)c1ccc(C(=O)NN2C(=O)CCC2=O)cc1. The number of nitrogens with one attached hydrogen (secondary N) is 1. The van der Waals surface area contributed by atoms with Gasteiger partial charge in [-0.3, -0.25) is 19.8 Å². The van der Waals surface area contributed by atoms with E-state index in [1.807, 2.05) is 19.0 Å². The van der Waals surface area contributed by atoms with Crippen molar-refractivity contribution in [3.63, 3.8) is 0 Å². The third kappa shape index (κ3) is 2.73. The van der Waals surface area contributed by atoms with Crippen LogP contribution in [0, 0.1) is 0 Å². The van der Waals surface area contributed by atoms with Crippen LogP contribution in [0.5, 0.6) is 0 Å². The van der Waals surface area contributed by atoms with Gasteiger partial charge in [-0.05, 0) is 24.3 Å². The lowest BCUT2D eigenvalue weighted by Gasteiger charge is -2.16. The Bertz CT molecular complexity index is 506. The molecule has 0 bridgehead atoms. The lowest BCUT2D eigenvalue weighted by molar-refractivity contribution is -0.141. The second kappa shape index (κ2) is 5.09. The highest BCUT2D eigenvalue weighted by Gasteiger charge is 2.30. The summed E-state index contributed by atoms with van der Waals surface area (Å²) in [6, 6.07) is 6.89. The van der Waals surface area contributed by atoms with E-state index in [0.717, 1.165) is 10.7 Å². The molecule has 6 heteroatoms. The fourth-order valence-electron chi connectivity index (χ4n) is 1.78. The molecule has 0 unspecified atom stereocenters. The zero-order valence-corrected chi connectivity index (χ0v) is 10.8. The van der Waals surface area contributed by atoms with Gasteiger partial charge in [-0.2, -0.15) is 5.01 Å². The van der Waals surface area contributed by atoms with E-state index in [-0.39, 0.29) is 24.7 Å². The number of anilines is 1. The van der Waals surface area contributed by atoms with E-state index >= 15 is 0 Å². The molecule has 0 saturated carbocycles. The Morgan fingerprint density at radius 2 is 1.63 bits per heavy atom. The van der Waals surface area contributed by atoms with Gasteiger partial charge in [0.05, 0.1) is 0 Å². The Morgan fingerprint density at radius 3 is 2.11 bits per heavy atom. The monoisotopic (exact) mass is 261 g/mol. The second-order valence-corrected chi connectivity index (χ2v) is 4.51. The van der Waals surface area contributed by atoms with Gasteiger partial charge in [-0.25, -0.2) is 0 Å². The summed E-state index contributed by atoms with van der Waals surface area (Å²) < 4.78 is 0. The lowest BCUT2D eigenvalue weighted by atomic mass is 10.2. The minimum atomic E-state index is -0.464. The smallest absolute Gasteiger partial charge is 0.270 e. The summed E-state index contributed by atoms with van der Waals surface area (Å²) in [4.78, 5) is 36.6. The Kier molecular flexibility index (Phi) is 3.50. The van der Waals surface area contributed by atoms with Crippen LogP contribution < -0.4 is 10.3 Å². The van der Waals surface area contributed by atoms with Gasteiger partial charge in [0.1, 0.15) is 0 Å². The van der Waals surface area contributed by atoms with Crippen molar-refractivity contribution in [1.82, 2.24) is 10.4 Å². The summed E-state index contributed by atoms with van der Waals surface area (Å²) in [5.74, 6) is -1.21. The Balaban J connectivity index is 2.07. The predicted molar refractivity (Wildman–Crippen MR) is 69.3 cm³/mol. The van der Waals surface area contributed by atoms with Crippen molar-refractivity contribution in [3.05, 3.63) is 29.8 Å². The molecule has 1 heterocycles. The van der Waals surface area contributed by atoms with Crippen molar-refractivity contribution in [3.8, 4) is 0 Å². The average molecular weight is 261 g/mol. The molecule has 6 nitrogen and oxygen atoms in total. The van der Waals surface area contributed by atoms with Crippen LogP contribution >= 0.6 is 0 Å². The third-order valence-electron chi connectivity index (χ3n) is 2.91. The fraction of sp³-hybridized carbons (Fsp3) is 0.308. The highest BCUT2D eigenvalue weighted by molar-refractivity contribution is 6.05. The average Bonchev–Trinajstić information content (AvgIpc) is 2.70. The molecule has 1 N–H and O–H groups in total. The Labute approximate surface area is 111 Å². The molecule has 2 rings (SSSR count). The summed E-state index contributed by atoms with van der Waals surface area (Å²) in [6.45, 7) is 0. The molecular formula is C13H15N3O3. The van der Waals surface area contributed by atoms with Crippen molar-refractivity contribution in [2.24, 2.45) is 0 Å². The number of rotatable bonds is 3. The maximum Gasteiger partial charge on any atom is 0.270 e. The normalized spacial score (nSPS) is 14.7. The molecule has 19 heavy (non-hydrogen) atoms. The number of hydrogen-bond acceptors (Lipinski definition) is 4. The molecule has 3 amide bonds. The molecule has 0 radical (unpaired) electrons. The first-order valence-electron chi connectivity index (χ1n) is 5.93. The van der Waals surface area contributed by atoms with Gasteiger partial charge in [0, 0.05) is 38.2 Å². The molecule has 0 atom stereocenters. The molecule has 1 aliphatic heterocycles. The molecule has 1 aromatic carbocycles. The minimum absolute atomic E-state index is 0.151. The first-order valence-corrected chi connectivity index (χ1v) is 5.93. The maximum atomic E-state index is 11.9. The van der Waals surface area contributed by atoms with E-state index in [2.05, 4.69) is 5.43 Å². The number of hydrogen-bond donors (Lipinski definition) is 1. The Morgan fingerprint density at radius 1 is 1.11 bits per heavy atom. The van der Waals surface area contributed by atoms with E-state index < -0.39 is 5.91 Å². The molecule has 100 valence electrons.